The second-order valence-corrected chi connectivity index (χ2v) is 6.77. The lowest BCUT2D eigenvalue weighted by Gasteiger charge is -2.17. The topological polar surface area (TPSA) is 127 Å². The van der Waals surface area contributed by atoms with Gasteiger partial charge in [-0.1, -0.05) is 54.1 Å². The molecule has 0 bridgehead atoms. The summed E-state index contributed by atoms with van der Waals surface area (Å²) in [5.41, 5.74) is 4.15. The lowest BCUT2D eigenvalue weighted by molar-refractivity contribution is -2.00. The van der Waals surface area contributed by atoms with Gasteiger partial charge in [0.15, 0.2) is 5.69 Å². The molecule has 0 saturated heterocycles. The monoisotopic (exact) mass is 412 g/mol. The van der Waals surface area contributed by atoms with Crippen molar-refractivity contribution >= 4 is 0 Å². The molecular formula is C20H17ClN4O4. The predicted molar refractivity (Wildman–Crippen MR) is 93.1 cm³/mol. The van der Waals surface area contributed by atoms with E-state index in [1.807, 2.05) is 70.3 Å². The molecule has 1 heterocycles. The van der Waals surface area contributed by atoms with Gasteiger partial charge >= 0.3 is 5.82 Å². The van der Waals surface area contributed by atoms with Crippen molar-refractivity contribution in [1.29, 1.82) is 0 Å². The summed E-state index contributed by atoms with van der Waals surface area (Å²) in [7, 11) is -4.94. The summed E-state index contributed by atoms with van der Waals surface area (Å²) in [5.74, 6) is 0.694. The number of halogens is 1. The largest absolute Gasteiger partial charge is 0.340 e. The van der Waals surface area contributed by atoms with E-state index in [0.717, 1.165) is 16.9 Å². The molecule has 0 aliphatic rings. The zero-order valence-electron chi connectivity index (χ0n) is 15.4. The Balaban J connectivity index is 0.000000431. The quantitative estimate of drug-likeness (QED) is 0.387. The summed E-state index contributed by atoms with van der Waals surface area (Å²) in [5, 5.41) is 9.44. The first kappa shape index (κ1) is 20.6. The van der Waals surface area contributed by atoms with Crippen LogP contribution >= 0.6 is 0 Å². The first-order valence-corrected chi connectivity index (χ1v) is 9.74. The van der Waals surface area contributed by atoms with Crippen LogP contribution in [0.25, 0.3) is 22.8 Å². The van der Waals surface area contributed by atoms with Crippen LogP contribution in [-0.4, -0.2) is 15.0 Å². The van der Waals surface area contributed by atoms with Crippen molar-refractivity contribution in [2.45, 2.75) is 6.92 Å². The number of aryl methyl sites for hydroxylation is 1. The van der Waals surface area contributed by atoms with Crippen LogP contribution in [0.5, 0.6) is 0 Å². The minimum absolute atomic E-state index is 0.694. The molecule has 0 unspecified atom stereocenters. The molecule has 148 valence electrons. The zero-order chi connectivity index (χ0) is 20.9. The Morgan fingerprint density at radius 2 is 1.28 bits per heavy atom. The van der Waals surface area contributed by atoms with Gasteiger partial charge in [0, 0.05) is 4.80 Å². The SMILES string of the molecule is Cc1ccc(-[n+]2nc(-c3ccccc3)nn2-c2ccccc2)cc1.[O-][Cl+3]([O-])([O-])[O-]. The molecule has 0 spiro atoms. The third kappa shape index (κ3) is 5.92. The molecule has 3 aromatic carbocycles. The van der Waals surface area contributed by atoms with Crippen LogP contribution in [0, 0.1) is 17.2 Å². The van der Waals surface area contributed by atoms with Crippen LogP contribution in [-0.2, 0) is 0 Å². The second-order valence-electron chi connectivity index (χ2n) is 6.02. The van der Waals surface area contributed by atoms with E-state index in [-0.39, 0.29) is 0 Å². The van der Waals surface area contributed by atoms with Crippen molar-refractivity contribution in [2.75, 3.05) is 0 Å². The Hall–Kier alpha value is -3.14. The predicted octanol–water partition coefficient (Wildman–Crippen LogP) is -1.24. The maximum absolute atomic E-state index is 8.49. The highest BCUT2D eigenvalue weighted by molar-refractivity contribution is 5.53. The van der Waals surface area contributed by atoms with Gasteiger partial charge in [0.05, 0.1) is 10.7 Å². The highest BCUT2D eigenvalue weighted by Gasteiger charge is 2.22. The lowest BCUT2D eigenvalue weighted by atomic mass is 10.2. The Morgan fingerprint density at radius 3 is 1.83 bits per heavy atom. The van der Waals surface area contributed by atoms with Crippen LogP contribution in [0.1, 0.15) is 5.56 Å². The Morgan fingerprint density at radius 1 is 0.759 bits per heavy atom. The van der Waals surface area contributed by atoms with Gasteiger partial charge in [0.2, 0.25) is 0 Å². The molecule has 0 N–H and O–H groups in total. The van der Waals surface area contributed by atoms with Crippen LogP contribution in [0.15, 0.2) is 84.9 Å². The molecule has 0 aliphatic heterocycles. The molecule has 0 aliphatic carbocycles. The first-order chi connectivity index (χ1) is 13.8. The number of para-hydroxylation sites is 1. The summed E-state index contributed by atoms with van der Waals surface area (Å²) >= 11 is 0. The summed E-state index contributed by atoms with van der Waals surface area (Å²) in [6.45, 7) is 2.08. The van der Waals surface area contributed by atoms with E-state index in [0.29, 0.717) is 5.82 Å². The van der Waals surface area contributed by atoms with Crippen molar-refractivity contribution < 1.29 is 33.7 Å². The fourth-order valence-corrected chi connectivity index (χ4v) is 2.56. The summed E-state index contributed by atoms with van der Waals surface area (Å²) in [6.07, 6.45) is 0. The molecule has 29 heavy (non-hydrogen) atoms. The summed E-state index contributed by atoms with van der Waals surface area (Å²) in [4.78, 5) is 3.66. The van der Waals surface area contributed by atoms with Gasteiger partial charge in [-0.05, 0) is 53.2 Å². The standard InChI is InChI=1S/C20H17N4.ClHO4/c1-16-12-14-19(15-13-16)24-22-20(17-8-4-2-5-9-17)21-23(24)18-10-6-3-7-11-18;2-1(3,4)5/h2-15H,1H3;(H,2,3,4,5)/q+1;/p-1. The first-order valence-electron chi connectivity index (χ1n) is 8.50. The smallest absolute Gasteiger partial charge is 0.222 e. The minimum Gasteiger partial charge on any atom is -0.222 e. The van der Waals surface area contributed by atoms with E-state index in [2.05, 4.69) is 31.2 Å². The van der Waals surface area contributed by atoms with Crippen molar-refractivity contribution in [3.05, 3.63) is 90.5 Å². The molecule has 0 radical (unpaired) electrons. The number of aromatic nitrogens is 4. The molecule has 9 heteroatoms. The maximum atomic E-state index is 8.49. The Bertz CT molecular complexity index is 1040. The van der Waals surface area contributed by atoms with Gasteiger partial charge in [-0.3, -0.25) is 0 Å². The van der Waals surface area contributed by atoms with Crippen LogP contribution < -0.4 is 23.4 Å². The van der Waals surface area contributed by atoms with Crippen molar-refractivity contribution in [3.63, 3.8) is 0 Å². The number of nitrogens with zero attached hydrogens (tertiary/aromatic N) is 4. The van der Waals surface area contributed by atoms with Gasteiger partial charge in [-0.2, -0.15) is 0 Å². The second kappa shape index (κ2) is 8.91. The van der Waals surface area contributed by atoms with Crippen molar-refractivity contribution in [2.24, 2.45) is 0 Å². The van der Waals surface area contributed by atoms with Gasteiger partial charge in [-0.25, -0.2) is 18.6 Å². The molecule has 4 aromatic rings. The van der Waals surface area contributed by atoms with Crippen molar-refractivity contribution in [3.8, 4) is 22.8 Å². The van der Waals surface area contributed by atoms with E-state index in [9.17, 15) is 0 Å². The molecule has 0 amide bonds. The Labute approximate surface area is 169 Å². The molecule has 8 nitrogen and oxygen atoms in total. The number of hydrogen-bond acceptors (Lipinski definition) is 6. The molecule has 0 atom stereocenters. The van der Waals surface area contributed by atoms with Gasteiger partial charge in [-0.15, -0.1) is 10.2 Å². The zero-order valence-corrected chi connectivity index (χ0v) is 16.1. The third-order valence-electron chi connectivity index (χ3n) is 3.84. The van der Waals surface area contributed by atoms with Crippen LogP contribution in [0.3, 0.4) is 0 Å². The molecule has 0 fully saturated rings. The average molecular weight is 413 g/mol. The van der Waals surface area contributed by atoms with E-state index >= 15 is 0 Å². The number of rotatable bonds is 3. The molecular weight excluding hydrogens is 396 g/mol. The Kier molecular flexibility index (Phi) is 6.32. The highest BCUT2D eigenvalue weighted by Crippen LogP contribution is 2.14. The fraction of sp³-hybridized carbons (Fsp3) is 0.0500. The van der Waals surface area contributed by atoms with Crippen LogP contribution in [0.2, 0.25) is 0 Å². The number of tetrazole rings is 1. The average Bonchev–Trinajstić information content (AvgIpc) is 3.14. The fourth-order valence-electron chi connectivity index (χ4n) is 2.56. The lowest BCUT2D eigenvalue weighted by Crippen LogP contribution is -2.68. The van der Waals surface area contributed by atoms with Gasteiger partial charge in [0.1, 0.15) is 5.69 Å². The third-order valence-corrected chi connectivity index (χ3v) is 3.84. The normalized spacial score (nSPS) is 10.9. The molecule has 1 aromatic heterocycles. The molecule has 4 rings (SSSR count). The van der Waals surface area contributed by atoms with Crippen molar-refractivity contribution in [1.82, 2.24) is 15.0 Å². The summed E-state index contributed by atoms with van der Waals surface area (Å²) < 4.78 is 34.0. The van der Waals surface area contributed by atoms with Gasteiger partial charge in [0.25, 0.3) is 0 Å². The van der Waals surface area contributed by atoms with Crippen LogP contribution in [0.4, 0.5) is 0 Å². The minimum atomic E-state index is -4.94. The van der Waals surface area contributed by atoms with Gasteiger partial charge < -0.3 is 0 Å². The highest BCUT2D eigenvalue weighted by atomic mass is 35.7. The number of hydrogen-bond donors (Lipinski definition) is 0. The van der Waals surface area contributed by atoms with E-state index in [1.165, 1.54) is 5.56 Å². The van der Waals surface area contributed by atoms with E-state index in [1.54, 1.807) is 0 Å². The van der Waals surface area contributed by atoms with E-state index in [4.69, 9.17) is 28.8 Å². The van der Waals surface area contributed by atoms with E-state index < -0.39 is 10.2 Å². The summed E-state index contributed by atoms with van der Waals surface area (Å²) in [6, 6.07) is 28.3. The number of benzene rings is 3. The molecule has 0 saturated carbocycles. The maximum Gasteiger partial charge on any atom is 0.340 e.